The first-order valence-electron chi connectivity index (χ1n) is 6.77. The van der Waals surface area contributed by atoms with Crippen molar-refractivity contribution in [1.82, 2.24) is 14.9 Å². The number of nitrogens with one attached hydrogen (secondary N) is 1. The van der Waals surface area contributed by atoms with Crippen LogP contribution in [-0.2, 0) is 13.1 Å². The molecule has 2 aromatic rings. The van der Waals surface area contributed by atoms with Crippen LogP contribution in [0.15, 0.2) is 36.5 Å². The first-order chi connectivity index (χ1) is 9.71. The zero-order valence-corrected chi connectivity index (χ0v) is 12.0. The van der Waals surface area contributed by atoms with Crippen molar-refractivity contribution < 1.29 is 0 Å². The van der Waals surface area contributed by atoms with Crippen molar-refractivity contribution in [3.05, 3.63) is 53.5 Å². The summed E-state index contributed by atoms with van der Waals surface area (Å²) in [7, 11) is 0. The van der Waals surface area contributed by atoms with E-state index in [9.17, 15) is 0 Å². The molecule has 0 spiro atoms. The molecule has 0 aliphatic carbocycles. The van der Waals surface area contributed by atoms with Crippen LogP contribution in [-0.4, -0.2) is 21.4 Å². The molecule has 0 aromatic carbocycles. The van der Waals surface area contributed by atoms with Gasteiger partial charge >= 0.3 is 0 Å². The number of hydrogen-bond donors (Lipinski definition) is 2. The van der Waals surface area contributed by atoms with Gasteiger partial charge in [0.25, 0.3) is 0 Å². The molecule has 5 heteroatoms. The van der Waals surface area contributed by atoms with Crippen LogP contribution in [0.1, 0.15) is 23.9 Å². The second-order valence-corrected chi connectivity index (χ2v) is 4.77. The third kappa shape index (κ3) is 4.01. The summed E-state index contributed by atoms with van der Waals surface area (Å²) in [6.45, 7) is 6.82. The molecule has 3 N–H and O–H groups in total. The van der Waals surface area contributed by atoms with E-state index in [0.29, 0.717) is 5.82 Å². The van der Waals surface area contributed by atoms with Gasteiger partial charge in [0, 0.05) is 25.0 Å². The summed E-state index contributed by atoms with van der Waals surface area (Å²) in [5.74, 6) is 6.07. The van der Waals surface area contributed by atoms with Gasteiger partial charge in [0.15, 0.2) is 0 Å². The maximum atomic E-state index is 5.39. The number of hydrazine groups is 1. The lowest BCUT2D eigenvalue weighted by atomic mass is 10.2. The van der Waals surface area contributed by atoms with E-state index in [2.05, 4.69) is 33.3 Å². The summed E-state index contributed by atoms with van der Waals surface area (Å²) in [6.07, 6.45) is 1.77. The predicted octanol–water partition coefficient (Wildman–Crippen LogP) is 2.09. The number of nitrogens with zero attached hydrogens (tertiary/aromatic N) is 3. The highest BCUT2D eigenvalue weighted by Crippen LogP contribution is 2.11. The molecule has 20 heavy (non-hydrogen) atoms. The Labute approximate surface area is 119 Å². The van der Waals surface area contributed by atoms with Crippen molar-refractivity contribution in [2.24, 2.45) is 5.84 Å². The average molecular weight is 271 g/mol. The minimum Gasteiger partial charge on any atom is -0.308 e. The van der Waals surface area contributed by atoms with Crippen molar-refractivity contribution in [3.63, 3.8) is 0 Å². The number of pyridine rings is 2. The maximum Gasteiger partial charge on any atom is 0.140 e. The Hall–Kier alpha value is -1.98. The van der Waals surface area contributed by atoms with Crippen molar-refractivity contribution >= 4 is 5.82 Å². The number of anilines is 1. The van der Waals surface area contributed by atoms with Gasteiger partial charge < -0.3 is 5.43 Å². The van der Waals surface area contributed by atoms with Crippen molar-refractivity contribution in [3.8, 4) is 0 Å². The summed E-state index contributed by atoms with van der Waals surface area (Å²) in [4.78, 5) is 11.0. The molecular weight excluding hydrogens is 250 g/mol. The number of nitrogens with two attached hydrogens (primary N) is 1. The Balaban J connectivity index is 2.05. The van der Waals surface area contributed by atoms with Gasteiger partial charge in [-0.1, -0.05) is 13.0 Å². The number of aromatic nitrogens is 2. The van der Waals surface area contributed by atoms with Gasteiger partial charge in [-0.05, 0) is 43.3 Å². The van der Waals surface area contributed by atoms with Crippen LogP contribution in [0, 0.1) is 6.92 Å². The largest absolute Gasteiger partial charge is 0.308 e. The van der Waals surface area contributed by atoms with Gasteiger partial charge in [0.05, 0.1) is 5.69 Å². The SMILES string of the molecule is CCN(Cc1ccnc(NN)c1)Cc1cccc(C)n1. The molecule has 0 amide bonds. The third-order valence-electron chi connectivity index (χ3n) is 3.16. The lowest BCUT2D eigenvalue weighted by Gasteiger charge is -2.20. The van der Waals surface area contributed by atoms with E-state index in [0.717, 1.165) is 31.0 Å². The highest BCUT2D eigenvalue weighted by atomic mass is 15.2. The quantitative estimate of drug-likeness (QED) is 0.622. The standard InChI is InChI=1S/C15H21N5/c1-3-20(11-14-6-4-5-12(2)18-14)10-13-7-8-17-15(9-13)19-16/h4-9H,3,10-11,16H2,1-2H3,(H,17,19). The molecule has 0 radical (unpaired) electrons. The Morgan fingerprint density at radius 3 is 2.80 bits per heavy atom. The van der Waals surface area contributed by atoms with Crippen molar-refractivity contribution in [1.29, 1.82) is 0 Å². The van der Waals surface area contributed by atoms with Gasteiger partial charge in [-0.3, -0.25) is 9.88 Å². The van der Waals surface area contributed by atoms with Crippen LogP contribution in [0.5, 0.6) is 0 Å². The van der Waals surface area contributed by atoms with Gasteiger partial charge in [0.2, 0.25) is 0 Å². The van der Waals surface area contributed by atoms with Crippen molar-refractivity contribution in [2.75, 3.05) is 12.0 Å². The molecule has 0 aliphatic rings. The number of aryl methyl sites for hydroxylation is 1. The van der Waals surface area contributed by atoms with E-state index < -0.39 is 0 Å². The molecular formula is C15H21N5. The molecule has 0 aliphatic heterocycles. The Morgan fingerprint density at radius 2 is 2.10 bits per heavy atom. The minimum atomic E-state index is 0.687. The molecule has 0 saturated heterocycles. The first-order valence-corrected chi connectivity index (χ1v) is 6.77. The maximum absolute atomic E-state index is 5.39. The molecule has 0 fully saturated rings. The molecule has 0 bridgehead atoms. The number of rotatable bonds is 6. The van der Waals surface area contributed by atoms with Crippen molar-refractivity contribution in [2.45, 2.75) is 26.9 Å². The van der Waals surface area contributed by atoms with Gasteiger partial charge in [-0.2, -0.15) is 0 Å². The zero-order chi connectivity index (χ0) is 14.4. The number of hydrogen-bond acceptors (Lipinski definition) is 5. The lowest BCUT2D eigenvalue weighted by Crippen LogP contribution is -2.23. The summed E-state index contributed by atoms with van der Waals surface area (Å²) in [5.41, 5.74) is 5.90. The topological polar surface area (TPSA) is 67.1 Å². The van der Waals surface area contributed by atoms with Crippen LogP contribution in [0.4, 0.5) is 5.82 Å². The fourth-order valence-corrected chi connectivity index (χ4v) is 2.11. The molecule has 5 nitrogen and oxygen atoms in total. The second kappa shape index (κ2) is 6.98. The summed E-state index contributed by atoms with van der Waals surface area (Å²) in [6, 6.07) is 10.1. The number of nitrogen functional groups attached to an aromatic ring is 1. The lowest BCUT2D eigenvalue weighted by molar-refractivity contribution is 0.268. The smallest absolute Gasteiger partial charge is 0.140 e. The average Bonchev–Trinajstić information content (AvgIpc) is 2.47. The molecule has 0 atom stereocenters. The van der Waals surface area contributed by atoms with Crippen LogP contribution in [0.3, 0.4) is 0 Å². The summed E-state index contributed by atoms with van der Waals surface area (Å²) < 4.78 is 0. The van der Waals surface area contributed by atoms with Gasteiger partial charge in [-0.15, -0.1) is 0 Å². The van der Waals surface area contributed by atoms with Gasteiger partial charge in [0.1, 0.15) is 5.82 Å². The fourth-order valence-electron chi connectivity index (χ4n) is 2.11. The summed E-state index contributed by atoms with van der Waals surface area (Å²) in [5, 5.41) is 0. The van der Waals surface area contributed by atoms with E-state index in [1.54, 1.807) is 6.20 Å². The molecule has 106 valence electrons. The Morgan fingerprint density at radius 1 is 1.25 bits per heavy atom. The zero-order valence-electron chi connectivity index (χ0n) is 12.0. The molecule has 0 unspecified atom stereocenters. The normalized spacial score (nSPS) is 10.8. The monoisotopic (exact) mass is 271 g/mol. The highest BCUT2D eigenvalue weighted by Gasteiger charge is 2.07. The van der Waals surface area contributed by atoms with Crippen LogP contribution in [0.25, 0.3) is 0 Å². The first kappa shape index (κ1) is 14.4. The van der Waals surface area contributed by atoms with Crippen LogP contribution in [0.2, 0.25) is 0 Å². The second-order valence-electron chi connectivity index (χ2n) is 4.77. The molecule has 2 rings (SSSR count). The molecule has 2 heterocycles. The third-order valence-corrected chi connectivity index (χ3v) is 3.16. The van der Waals surface area contributed by atoms with E-state index in [1.165, 1.54) is 5.56 Å². The summed E-state index contributed by atoms with van der Waals surface area (Å²) >= 11 is 0. The van der Waals surface area contributed by atoms with Crippen LogP contribution < -0.4 is 11.3 Å². The Bertz CT molecular complexity index is 555. The van der Waals surface area contributed by atoms with Crippen LogP contribution >= 0.6 is 0 Å². The molecule has 0 saturated carbocycles. The van der Waals surface area contributed by atoms with Gasteiger partial charge in [-0.25, -0.2) is 10.8 Å². The van der Waals surface area contributed by atoms with E-state index in [1.807, 2.05) is 31.2 Å². The van der Waals surface area contributed by atoms with E-state index in [-0.39, 0.29) is 0 Å². The molecule has 2 aromatic heterocycles. The predicted molar refractivity (Wildman–Crippen MR) is 80.8 cm³/mol. The minimum absolute atomic E-state index is 0.687. The van der Waals surface area contributed by atoms with E-state index in [4.69, 9.17) is 5.84 Å². The highest BCUT2D eigenvalue weighted by molar-refractivity contribution is 5.35. The van der Waals surface area contributed by atoms with E-state index >= 15 is 0 Å². The Kier molecular flexibility index (Phi) is 5.03. The fraction of sp³-hybridized carbons (Fsp3) is 0.333.